The van der Waals surface area contributed by atoms with Gasteiger partial charge in [0.25, 0.3) is 0 Å². The third kappa shape index (κ3) is 2.16. The van der Waals surface area contributed by atoms with Gasteiger partial charge in [0.1, 0.15) is 0 Å². The zero-order valence-electron chi connectivity index (χ0n) is 7.55. The molecule has 0 unspecified atom stereocenters. The third-order valence-corrected chi connectivity index (χ3v) is 2.60. The van der Waals surface area contributed by atoms with Crippen molar-refractivity contribution in [3.05, 3.63) is 29.3 Å². The number of aryl methyl sites for hydroxylation is 1. The van der Waals surface area contributed by atoms with Gasteiger partial charge in [-0.2, -0.15) is 0 Å². The molecule has 0 fully saturated rings. The number of rotatable bonds is 3. The Balaban J connectivity index is 3.02. The van der Waals surface area contributed by atoms with Gasteiger partial charge in [0.2, 0.25) is 0 Å². The fourth-order valence-corrected chi connectivity index (χ4v) is 1.89. The Labute approximate surface area is 87.8 Å². The van der Waals surface area contributed by atoms with E-state index < -0.39 is 0 Å². The molecule has 0 saturated carbocycles. The standard InChI is InChI=1S/C10H14O.Sn/c1-3-5-9-8(2)6-4-7-10(9)11;/h4,6-7,11H,3,5H2,1-2H3;/q;+1/p-1. The quantitative estimate of drug-likeness (QED) is 0.765. The molecule has 1 aromatic carbocycles. The zero-order chi connectivity index (χ0) is 8.97. The second kappa shape index (κ2) is 4.75. The van der Waals surface area contributed by atoms with E-state index in [9.17, 15) is 0 Å². The van der Waals surface area contributed by atoms with E-state index in [1.807, 2.05) is 12.1 Å². The molecule has 0 amide bonds. The van der Waals surface area contributed by atoms with Gasteiger partial charge in [0, 0.05) is 0 Å². The van der Waals surface area contributed by atoms with Gasteiger partial charge in [-0.1, -0.05) is 0 Å². The van der Waals surface area contributed by atoms with Gasteiger partial charge < -0.3 is 0 Å². The van der Waals surface area contributed by atoms with Crippen LogP contribution in [0.5, 0.6) is 5.75 Å². The molecule has 0 heterocycles. The van der Waals surface area contributed by atoms with Gasteiger partial charge in [0.05, 0.1) is 0 Å². The minimum absolute atomic E-state index is 1.06. The van der Waals surface area contributed by atoms with Gasteiger partial charge in [-0.15, -0.1) is 0 Å². The Morgan fingerprint density at radius 1 is 1.42 bits per heavy atom. The van der Waals surface area contributed by atoms with E-state index >= 15 is 0 Å². The number of benzene rings is 1. The molecule has 12 heavy (non-hydrogen) atoms. The molecule has 0 atom stereocenters. The molecular weight excluding hydrogens is 255 g/mol. The molecule has 0 aromatic heterocycles. The van der Waals surface area contributed by atoms with Crippen LogP contribution in [0.25, 0.3) is 0 Å². The van der Waals surface area contributed by atoms with E-state index in [0.29, 0.717) is 0 Å². The molecule has 2 heteroatoms. The summed E-state index contributed by atoms with van der Waals surface area (Å²) in [5.74, 6) is 1.06. The Morgan fingerprint density at radius 3 is 2.75 bits per heavy atom. The van der Waals surface area contributed by atoms with Gasteiger partial charge >= 0.3 is 87.8 Å². The van der Waals surface area contributed by atoms with Crippen LogP contribution in [0, 0.1) is 6.92 Å². The predicted octanol–water partition coefficient (Wildman–Crippen LogP) is 2.41. The Hall–Kier alpha value is -0.181. The molecule has 1 nitrogen and oxygen atoms in total. The van der Waals surface area contributed by atoms with E-state index in [1.165, 1.54) is 17.5 Å². The Kier molecular flexibility index (Phi) is 3.92. The first-order valence-corrected chi connectivity index (χ1v) is 5.38. The second-order valence-corrected chi connectivity index (χ2v) is 3.49. The van der Waals surface area contributed by atoms with E-state index in [2.05, 4.69) is 19.9 Å². The predicted molar refractivity (Wildman–Crippen MR) is 51.6 cm³/mol. The average Bonchev–Trinajstić information content (AvgIpc) is 2.09. The Morgan fingerprint density at radius 2 is 2.17 bits per heavy atom. The third-order valence-electron chi connectivity index (χ3n) is 1.98. The monoisotopic (exact) mass is 269 g/mol. The summed E-state index contributed by atoms with van der Waals surface area (Å²) in [6.45, 7) is 4.34. The van der Waals surface area contributed by atoms with Crippen molar-refractivity contribution in [1.29, 1.82) is 0 Å². The molecule has 1 aromatic rings. The van der Waals surface area contributed by atoms with Crippen molar-refractivity contribution in [2.45, 2.75) is 26.7 Å². The van der Waals surface area contributed by atoms with Crippen molar-refractivity contribution >= 4 is 22.9 Å². The number of hydrogen-bond acceptors (Lipinski definition) is 1. The van der Waals surface area contributed by atoms with Crippen LogP contribution in [0.15, 0.2) is 18.2 Å². The summed E-state index contributed by atoms with van der Waals surface area (Å²) in [5, 5.41) is 0. The fourth-order valence-electron chi connectivity index (χ4n) is 1.34. The average molecular weight is 268 g/mol. The topological polar surface area (TPSA) is 9.23 Å². The molecule has 0 aliphatic heterocycles. The van der Waals surface area contributed by atoms with E-state index in [0.717, 1.165) is 35.1 Å². The summed E-state index contributed by atoms with van der Waals surface area (Å²) in [5.41, 5.74) is 2.72. The molecule has 0 aliphatic rings. The van der Waals surface area contributed by atoms with Gasteiger partial charge in [-0.25, -0.2) is 0 Å². The molecule has 0 N–H and O–H groups in total. The van der Waals surface area contributed by atoms with Crippen molar-refractivity contribution in [2.75, 3.05) is 0 Å². The van der Waals surface area contributed by atoms with Crippen LogP contribution in [0.2, 0.25) is 0 Å². The summed E-state index contributed by atoms with van der Waals surface area (Å²) < 4.78 is 5.37. The van der Waals surface area contributed by atoms with Gasteiger partial charge in [-0.3, -0.25) is 0 Å². The summed E-state index contributed by atoms with van der Waals surface area (Å²) in [6.07, 6.45) is 2.30. The van der Waals surface area contributed by atoms with Crippen molar-refractivity contribution in [1.82, 2.24) is 0 Å². The van der Waals surface area contributed by atoms with Crippen molar-refractivity contribution in [2.24, 2.45) is 0 Å². The minimum atomic E-state index is 1.06. The SMILES string of the molecule is CCCc1c(C)cccc1[O][Sn]. The van der Waals surface area contributed by atoms with Gasteiger partial charge in [-0.05, 0) is 0 Å². The van der Waals surface area contributed by atoms with Gasteiger partial charge in [0.15, 0.2) is 0 Å². The Bertz CT molecular complexity index is 258. The molecule has 63 valence electrons. The first-order chi connectivity index (χ1) is 5.79. The zero-order valence-corrected chi connectivity index (χ0v) is 10.4. The summed E-state index contributed by atoms with van der Waals surface area (Å²) in [4.78, 5) is 0. The van der Waals surface area contributed by atoms with Crippen molar-refractivity contribution in [3.63, 3.8) is 0 Å². The van der Waals surface area contributed by atoms with Crippen LogP contribution in [0.4, 0.5) is 0 Å². The summed E-state index contributed by atoms with van der Waals surface area (Å²) >= 11 is 1.11. The fraction of sp³-hybridized carbons (Fsp3) is 0.400. The van der Waals surface area contributed by atoms with Crippen LogP contribution in [0.3, 0.4) is 0 Å². The molecule has 3 radical (unpaired) electrons. The molecule has 0 bridgehead atoms. The van der Waals surface area contributed by atoms with Crippen LogP contribution in [-0.2, 0) is 6.42 Å². The van der Waals surface area contributed by atoms with Crippen LogP contribution in [0.1, 0.15) is 24.5 Å². The first kappa shape index (κ1) is 9.90. The normalized spacial score (nSPS) is 9.92. The van der Waals surface area contributed by atoms with Crippen LogP contribution in [-0.4, -0.2) is 22.9 Å². The molecular formula is C10H13OSn. The van der Waals surface area contributed by atoms with E-state index in [-0.39, 0.29) is 0 Å². The van der Waals surface area contributed by atoms with Crippen LogP contribution >= 0.6 is 0 Å². The van der Waals surface area contributed by atoms with E-state index in [4.69, 9.17) is 3.07 Å². The first-order valence-electron chi connectivity index (χ1n) is 4.21. The van der Waals surface area contributed by atoms with Crippen LogP contribution < -0.4 is 3.07 Å². The van der Waals surface area contributed by atoms with Crippen molar-refractivity contribution in [3.8, 4) is 5.75 Å². The molecule has 1 rings (SSSR count). The second-order valence-electron chi connectivity index (χ2n) is 2.90. The maximum absolute atomic E-state index is 5.37. The molecule has 0 aliphatic carbocycles. The maximum atomic E-state index is 5.37. The summed E-state index contributed by atoms with van der Waals surface area (Å²) in [7, 11) is 0. The van der Waals surface area contributed by atoms with E-state index in [1.54, 1.807) is 0 Å². The number of hydrogen-bond donors (Lipinski definition) is 0. The van der Waals surface area contributed by atoms with Crippen molar-refractivity contribution < 1.29 is 3.07 Å². The molecule has 0 spiro atoms. The summed E-state index contributed by atoms with van der Waals surface area (Å²) in [6, 6.07) is 6.24. The molecule has 0 saturated heterocycles.